The Morgan fingerprint density at radius 2 is 2.00 bits per heavy atom. The van der Waals surface area contributed by atoms with E-state index in [1.807, 2.05) is 37.2 Å². The summed E-state index contributed by atoms with van der Waals surface area (Å²) in [5.74, 6) is 1.82. The predicted octanol–water partition coefficient (Wildman–Crippen LogP) is 3.56. The number of halogens is 1. The van der Waals surface area contributed by atoms with Gasteiger partial charge < -0.3 is 4.90 Å². The largest absolute Gasteiger partial charge is 0.363 e. The van der Waals surface area contributed by atoms with E-state index in [0.29, 0.717) is 0 Å². The van der Waals surface area contributed by atoms with Crippen LogP contribution in [-0.4, -0.2) is 25.0 Å². The van der Waals surface area contributed by atoms with E-state index in [-0.39, 0.29) is 0 Å². The molecule has 0 saturated heterocycles. The zero-order valence-electron chi connectivity index (χ0n) is 9.91. The molecule has 1 aromatic rings. The molecule has 0 saturated carbocycles. The van der Waals surface area contributed by atoms with Crippen LogP contribution in [0.15, 0.2) is 24.4 Å². The number of anilines is 1. The lowest BCUT2D eigenvalue weighted by atomic mass is 10.3. The highest BCUT2D eigenvalue weighted by molar-refractivity contribution is 6.17. The summed E-state index contributed by atoms with van der Waals surface area (Å²) in [5.41, 5.74) is 0. The highest BCUT2D eigenvalue weighted by Gasteiger charge is 1.89. The maximum absolute atomic E-state index is 5.38. The van der Waals surface area contributed by atoms with Crippen molar-refractivity contribution in [3.05, 3.63) is 24.4 Å². The zero-order chi connectivity index (χ0) is 11.5. The van der Waals surface area contributed by atoms with Crippen LogP contribution in [0.2, 0.25) is 0 Å². The number of aromatic nitrogens is 1. The molecule has 2 nitrogen and oxygen atoms in total. The van der Waals surface area contributed by atoms with E-state index in [1.165, 1.54) is 19.3 Å². The molecule has 0 aliphatic heterocycles. The van der Waals surface area contributed by atoms with Crippen LogP contribution in [-0.2, 0) is 0 Å². The van der Waals surface area contributed by atoms with E-state index in [0.717, 1.165) is 11.7 Å². The lowest BCUT2D eigenvalue weighted by molar-refractivity contribution is 0.776. The van der Waals surface area contributed by atoms with Gasteiger partial charge in [0, 0.05) is 26.2 Å². The van der Waals surface area contributed by atoms with Crippen molar-refractivity contribution in [1.82, 2.24) is 4.98 Å². The van der Waals surface area contributed by atoms with Crippen molar-refractivity contribution in [2.24, 2.45) is 0 Å². The average molecular weight is 229 g/mol. The van der Waals surface area contributed by atoms with Gasteiger partial charge in [0.2, 0.25) is 0 Å². The SMILES string of the molecule is CCCCCCl.CN(C)c1ccccn1. The monoisotopic (exact) mass is 228 g/mol. The van der Waals surface area contributed by atoms with Crippen molar-refractivity contribution in [2.75, 3.05) is 24.9 Å². The summed E-state index contributed by atoms with van der Waals surface area (Å²) in [7, 11) is 3.95. The first-order valence-corrected chi connectivity index (χ1v) is 5.90. The minimum atomic E-state index is 0.827. The van der Waals surface area contributed by atoms with E-state index in [2.05, 4.69) is 11.9 Å². The maximum Gasteiger partial charge on any atom is 0.127 e. The third-order valence-electron chi connectivity index (χ3n) is 1.84. The molecule has 86 valence electrons. The van der Waals surface area contributed by atoms with Gasteiger partial charge in [0.1, 0.15) is 5.82 Å². The molecule has 0 unspecified atom stereocenters. The van der Waals surface area contributed by atoms with Crippen LogP contribution in [0.4, 0.5) is 5.82 Å². The topological polar surface area (TPSA) is 16.1 Å². The molecule has 1 rings (SSSR count). The summed E-state index contributed by atoms with van der Waals surface area (Å²) in [6.07, 6.45) is 5.52. The fourth-order valence-electron chi connectivity index (χ4n) is 0.963. The zero-order valence-corrected chi connectivity index (χ0v) is 10.7. The van der Waals surface area contributed by atoms with Crippen molar-refractivity contribution < 1.29 is 0 Å². The molecule has 3 heteroatoms. The number of alkyl halides is 1. The molecule has 0 aliphatic carbocycles. The van der Waals surface area contributed by atoms with Gasteiger partial charge in [0.25, 0.3) is 0 Å². The Morgan fingerprint density at radius 1 is 1.27 bits per heavy atom. The third-order valence-corrected chi connectivity index (χ3v) is 2.11. The van der Waals surface area contributed by atoms with Crippen LogP contribution >= 0.6 is 11.6 Å². The molecular weight excluding hydrogens is 208 g/mol. The van der Waals surface area contributed by atoms with Gasteiger partial charge in [-0.2, -0.15) is 0 Å². The Kier molecular flexibility index (Phi) is 9.29. The number of nitrogens with zero attached hydrogens (tertiary/aromatic N) is 2. The number of unbranched alkanes of at least 4 members (excludes halogenated alkanes) is 2. The fraction of sp³-hybridized carbons (Fsp3) is 0.583. The van der Waals surface area contributed by atoms with Gasteiger partial charge in [0.15, 0.2) is 0 Å². The molecule has 15 heavy (non-hydrogen) atoms. The average Bonchev–Trinajstić information content (AvgIpc) is 2.28. The van der Waals surface area contributed by atoms with Gasteiger partial charge in [0.05, 0.1) is 0 Å². The van der Waals surface area contributed by atoms with Gasteiger partial charge in [-0.1, -0.05) is 25.8 Å². The Hall–Kier alpha value is -0.760. The van der Waals surface area contributed by atoms with Crippen LogP contribution < -0.4 is 4.90 Å². The molecule has 0 aliphatic rings. The van der Waals surface area contributed by atoms with Crippen molar-refractivity contribution >= 4 is 17.4 Å². The van der Waals surface area contributed by atoms with Crippen molar-refractivity contribution in [2.45, 2.75) is 26.2 Å². The second-order valence-corrected chi connectivity index (χ2v) is 3.86. The second kappa shape index (κ2) is 9.78. The van der Waals surface area contributed by atoms with Gasteiger partial charge in [-0.05, 0) is 18.6 Å². The quantitative estimate of drug-likeness (QED) is 0.579. The maximum atomic E-state index is 5.38. The Morgan fingerprint density at radius 3 is 2.27 bits per heavy atom. The Labute approximate surface area is 98.3 Å². The smallest absolute Gasteiger partial charge is 0.127 e. The first-order chi connectivity index (χ1) is 7.22. The molecule has 0 N–H and O–H groups in total. The number of pyridine rings is 1. The molecule has 0 fully saturated rings. The fourth-order valence-corrected chi connectivity index (χ4v) is 1.15. The van der Waals surface area contributed by atoms with Crippen molar-refractivity contribution in [3.63, 3.8) is 0 Å². The van der Waals surface area contributed by atoms with E-state index in [1.54, 1.807) is 6.20 Å². The summed E-state index contributed by atoms with van der Waals surface area (Å²) in [5, 5.41) is 0. The van der Waals surface area contributed by atoms with Crippen LogP contribution in [0, 0.1) is 0 Å². The highest BCUT2D eigenvalue weighted by Crippen LogP contribution is 2.02. The van der Waals surface area contributed by atoms with Crippen molar-refractivity contribution in [1.29, 1.82) is 0 Å². The number of hydrogen-bond acceptors (Lipinski definition) is 2. The summed E-state index contributed by atoms with van der Waals surface area (Å²) >= 11 is 5.38. The molecule has 0 atom stereocenters. The minimum absolute atomic E-state index is 0.827. The van der Waals surface area contributed by atoms with E-state index < -0.39 is 0 Å². The van der Waals surface area contributed by atoms with Crippen molar-refractivity contribution in [3.8, 4) is 0 Å². The van der Waals surface area contributed by atoms with Gasteiger partial charge in [-0.25, -0.2) is 4.98 Å². The molecule has 0 spiro atoms. The summed E-state index contributed by atoms with van der Waals surface area (Å²) < 4.78 is 0. The highest BCUT2D eigenvalue weighted by atomic mass is 35.5. The lowest BCUT2D eigenvalue weighted by Gasteiger charge is -2.08. The van der Waals surface area contributed by atoms with Crippen LogP contribution in [0.25, 0.3) is 0 Å². The third kappa shape index (κ3) is 8.25. The summed E-state index contributed by atoms with van der Waals surface area (Å²) in [6, 6.07) is 5.86. The van der Waals surface area contributed by atoms with Crippen LogP contribution in [0.3, 0.4) is 0 Å². The van der Waals surface area contributed by atoms with Gasteiger partial charge in [-0.15, -0.1) is 11.6 Å². The van der Waals surface area contributed by atoms with Crippen LogP contribution in [0.1, 0.15) is 26.2 Å². The van der Waals surface area contributed by atoms with E-state index >= 15 is 0 Å². The summed E-state index contributed by atoms with van der Waals surface area (Å²) in [6.45, 7) is 2.17. The molecule has 0 bridgehead atoms. The molecule has 0 radical (unpaired) electrons. The molecule has 1 heterocycles. The number of rotatable bonds is 4. The van der Waals surface area contributed by atoms with Gasteiger partial charge in [-0.3, -0.25) is 0 Å². The second-order valence-electron chi connectivity index (χ2n) is 3.48. The molecule has 1 aromatic heterocycles. The van der Waals surface area contributed by atoms with E-state index in [9.17, 15) is 0 Å². The lowest BCUT2D eigenvalue weighted by Crippen LogP contribution is -2.09. The standard InChI is InChI=1S/C7H10N2.C5H11Cl/c1-9(2)7-5-3-4-6-8-7;1-2-3-4-5-6/h3-6H,1-2H3;2-5H2,1H3. The first kappa shape index (κ1) is 14.2. The summed E-state index contributed by atoms with van der Waals surface area (Å²) in [4.78, 5) is 6.08. The Bertz CT molecular complexity index is 220. The number of hydrogen-bond donors (Lipinski definition) is 0. The Balaban J connectivity index is 0.000000288. The van der Waals surface area contributed by atoms with Crippen LogP contribution in [0.5, 0.6) is 0 Å². The predicted molar refractivity (Wildman–Crippen MR) is 68.8 cm³/mol. The molecule has 0 amide bonds. The van der Waals surface area contributed by atoms with E-state index in [4.69, 9.17) is 11.6 Å². The first-order valence-electron chi connectivity index (χ1n) is 5.36. The minimum Gasteiger partial charge on any atom is -0.363 e. The normalized spacial score (nSPS) is 9.07. The molecule has 0 aromatic carbocycles. The van der Waals surface area contributed by atoms with Gasteiger partial charge >= 0.3 is 0 Å². The molecular formula is C12H21ClN2.